The van der Waals surface area contributed by atoms with Crippen LogP contribution < -0.4 is 21.5 Å². The first-order valence-electron chi connectivity index (χ1n) is 10.3. The van der Waals surface area contributed by atoms with Crippen LogP contribution in [-0.4, -0.2) is 28.7 Å². The number of rotatable bonds is 7. The first-order chi connectivity index (χ1) is 15.4. The molecular weight excluding hydrogens is 413 g/mol. The molecule has 3 aromatic rings. The van der Waals surface area contributed by atoms with Crippen LogP contribution in [0.5, 0.6) is 5.75 Å². The highest BCUT2D eigenvalue weighted by Gasteiger charge is 2.28. The summed E-state index contributed by atoms with van der Waals surface area (Å²) in [6, 6.07) is 11.2. The molecule has 1 aliphatic carbocycles. The molecule has 0 unspecified atom stereocenters. The standard InChI is InChI=1S/C23H24FN5O3/c1-32-18-10-9-15(24)11-17(18)23(31)27-12-13-5-7-14(8-6-13)20-19(22(26)30)21(25)29(28-20)16-3-2-4-16/h5-11,16H,2-4,12,25H2,1H3,(H2,26,30)(H,27,31). The molecule has 0 atom stereocenters. The zero-order valence-electron chi connectivity index (χ0n) is 17.6. The van der Waals surface area contributed by atoms with Crippen LogP contribution in [0.2, 0.25) is 0 Å². The predicted molar refractivity (Wildman–Crippen MR) is 118 cm³/mol. The van der Waals surface area contributed by atoms with Crippen molar-refractivity contribution in [2.45, 2.75) is 31.8 Å². The number of anilines is 1. The van der Waals surface area contributed by atoms with E-state index in [-0.39, 0.29) is 35.3 Å². The van der Waals surface area contributed by atoms with Gasteiger partial charge in [0.25, 0.3) is 11.8 Å². The number of amides is 2. The number of nitrogens with two attached hydrogens (primary N) is 2. The summed E-state index contributed by atoms with van der Waals surface area (Å²) in [5.74, 6) is -1.02. The van der Waals surface area contributed by atoms with Gasteiger partial charge in [0, 0.05) is 12.1 Å². The van der Waals surface area contributed by atoms with E-state index in [0.717, 1.165) is 30.9 Å². The van der Waals surface area contributed by atoms with Crippen LogP contribution in [0.1, 0.15) is 51.6 Å². The molecule has 0 saturated heterocycles. The van der Waals surface area contributed by atoms with Crippen molar-refractivity contribution in [3.05, 3.63) is 65.0 Å². The normalized spacial score (nSPS) is 13.4. The highest BCUT2D eigenvalue weighted by atomic mass is 19.1. The Labute approximate surface area is 184 Å². The zero-order valence-corrected chi connectivity index (χ0v) is 17.6. The second-order valence-electron chi connectivity index (χ2n) is 7.73. The van der Waals surface area contributed by atoms with Crippen molar-refractivity contribution >= 4 is 17.6 Å². The van der Waals surface area contributed by atoms with Crippen molar-refractivity contribution in [3.8, 4) is 17.0 Å². The Bertz CT molecular complexity index is 1170. The van der Waals surface area contributed by atoms with Gasteiger partial charge in [-0.3, -0.25) is 9.59 Å². The molecule has 0 aliphatic heterocycles. The maximum atomic E-state index is 13.5. The molecule has 1 aliphatic rings. The molecule has 8 nitrogen and oxygen atoms in total. The molecule has 1 aromatic heterocycles. The fourth-order valence-electron chi connectivity index (χ4n) is 3.72. The van der Waals surface area contributed by atoms with Gasteiger partial charge in [-0.1, -0.05) is 24.3 Å². The number of carbonyl (C=O) groups is 2. The van der Waals surface area contributed by atoms with E-state index in [1.807, 2.05) is 12.1 Å². The summed E-state index contributed by atoms with van der Waals surface area (Å²) in [4.78, 5) is 24.5. The Balaban J connectivity index is 1.51. The molecule has 1 fully saturated rings. The average Bonchev–Trinajstić information content (AvgIpc) is 3.08. The number of hydrogen-bond acceptors (Lipinski definition) is 5. The topological polar surface area (TPSA) is 125 Å². The molecule has 32 heavy (non-hydrogen) atoms. The molecule has 0 bridgehead atoms. The number of benzene rings is 2. The second kappa shape index (κ2) is 8.70. The number of methoxy groups -OCH3 is 1. The van der Waals surface area contributed by atoms with Crippen molar-refractivity contribution < 1.29 is 18.7 Å². The minimum atomic E-state index is -0.622. The molecule has 1 heterocycles. The molecule has 5 N–H and O–H groups in total. The van der Waals surface area contributed by atoms with E-state index in [4.69, 9.17) is 16.2 Å². The van der Waals surface area contributed by atoms with Crippen molar-refractivity contribution in [3.63, 3.8) is 0 Å². The van der Waals surface area contributed by atoms with Crippen LogP contribution in [0.4, 0.5) is 10.2 Å². The van der Waals surface area contributed by atoms with Gasteiger partial charge in [0.15, 0.2) is 0 Å². The minimum Gasteiger partial charge on any atom is -0.496 e. The van der Waals surface area contributed by atoms with Crippen molar-refractivity contribution in [2.24, 2.45) is 5.73 Å². The second-order valence-corrected chi connectivity index (χ2v) is 7.73. The Morgan fingerprint density at radius 1 is 1.22 bits per heavy atom. The summed E-state index contributed by atoms with van der Waals surface area (Å²) < 4.78 is 20.3. The van der Waals surface area contributed by atoms with Gasteiger partial charge in [0.1, 0.15) is 28.6 Å². The van der Waals surface area contributed by atoms with E-state index in [1.165, 1.54) is 19.2 Å². The number of hydrogen-bond donors (Lipinski definition) is 3. The van der Waals surface area contributed by atoms with Crippen LogP contribution in [-0.2, 0) is 6.54 Å². The van der Waals surface area contributed by atoms with Gasteiger partial charge in [0.2, 0.25) is 0 Å². The largest absolute Gasteiger partial charge is 0.496 e. The van der Waals surface area contributed by atoms with Gasteiger partial charge in [0.05, 0.1) is 18.7 Å². The molecule has 166 valence electrons. The van der Waals surface area contributed by atoms with Gasteiger partial charge < -0.3 is 21.5 Å². The number of halogens is 1. The summed E-state index contributed by atoms with van der Waals surface area (Å²) in [6.45, 7) is 0.222. The minimum absolute atomic E-state index is 0.118. The molecular formula is C23H24FN5O3. The van der Waals surface area contributed by atoms with Crippen LogP contribution in [0.15, 0.2) is 42.5 Å². The highest BCUT2D eigenvalue weighted by Crippen LogP contribution is 2.37. The van der Waals surface area contributed by atoms with Gasteiger partial charge >= 0.3 is 0 Å². The number of nitrogens with one attached hydrogen (secondary N) is 1. The maximum absolute atomic E-state index is 13.5. The van der Waals surface area contributed by atoms with Crippen LogP contribution in [0, 0.1) is 5.82 Å². The third-order valence-corrected chi connectivity index (χ3v) is 5.70. The number of nitrogen functional groups attached to an aromatic ring is 1. The van der Waals surface area contributed by atoms with E-state index in [0.29, 0.717) is 11.3 Å². The monoisotopic (exact) mass is 437 g/mol. The van der Waals surface area contributed by atoms with Gasteiger partial charge in [-0.15, -0.1) is 0 Å². The van der Waals surface area contributed by atoms with E-state index < -0.39 is 17.6 Å². The van der Waals surface area contributed by atoms with E-state index in [9.17, 15) is 14.0 Å². The molecule has 0 spiro atoms. The molecule has 0 radical (unpaired) electrons. The molecule has 2 amide bonds. The SMILES string of the molecule is COc1ccc(F)cc1C(=O)NCc1ccc(-c2nn(C3CCC3)c(N)c2C(N)=O)cc1. The lowest BCUT2D eigenvalue weighted by Gasteiger charge is -2.26. The average molecular weight is 437 g/mol. The molecule has 2 aromatic carbocycles. The number of carbonyl (C=O) groups excluding carboxylic acids is 2. The lowest BCUT2D eigenvalue weighted by Crippen LogP contribution is -2.23. The van der Waals surface area contributed by atoms with Crippen LogP contribution >= 0.6 is 0 Å². The zero-order chi connectivity index (χ0) is 22.8. The van der Waals surface area contributed by atoms with E-state index in [1.54, 1.807) is 16.8 Å². The third kappa shape index (κ3) is 4.01. The molecule has 9 heteroatoms. The number of ether oxygens (including phenoxy) is 1. The summed E-state index contributed by atoms with van der Waals surface area (Å²) >= 11 is 0. The first kappa shape index (κ1) is 21.4. The lowest BCUT2D eigenvalue weighted by atomic mass is 9.93. The molecule has 1 saturated carbocycles. The Morgan fingerprint density at radius 2 is 1.94 bits per heavy atom. The smallest absolute Gasteiger partial charge is 0.255 e. The van der Waals surface area contributed by atoms with Gasteiger partial charge in [-0.05, 0) is 43.0 Å². The fourth-order valence-corrected chi connectivity index (χ4v) is 3.72. The van der Waals surface area contributed by atoms with Crippen LogP contribution in [0.3, 0.4) is 0 Å². The van der Waals surface area contributed by atoms with E-state index >= 15 is 0 Å². The van der Waals surface area contributed by atoms with Crippen molar-refractivity contribution in [1.82, 2.24) is 15.1 Å². The summed E-state index contributed by atoms with van der Waals surface area (Å²) in [5.41, 5.74) is 14.0. The number of primary amides is 1. The maximum Gasteiger partial charge on any atom is 0.255 e. The van der Waals surface area contributed by atoms with Crippen molar-refractivity contribution in [1.29, 1.82) is 0 Å². The Hall–Kier alpha value is -3.88. The molecule has 4 rings (SSSR count). The van der Waals surface area contributed by atoms with Crippen LogP contribution in [0.25, 0.3) is 11.3 Å². The Morgan fingerprint density at radius 3 is 2.53 bits per heavy atom. The quantitative estimate of drug-likeness (QED) is 0.524. The Kier molecular flexibility index (Phi) is 5.81. The third-order valence-electron chi connectivity index (χ3n) is 5.70. The van der Waals surface area contributed by atoms with E-state index in [2.05, 4.69) is 10.4 Å². The van der Waals surface area contributed by atoms with Gasteiger partial charge in [-0.25, -0.2) is 9.07 Å². The fraction of sp³-hybridized carbons (Fsp3) is 0.261. The highest BCUT2D eigenvalue weighted by molar-refractivity contribution is 6.03. The number of nitrogens with zero attached hydrogens (tertiary/aromatic N) is 2. The summed E-state index contributed by atoms with van der Waals surface area (Å²) in [5, 5.41) is 7.32. The first-order valence-corrected chi connectivity index (χ1v) is 10.3. The summed E-state index contributed by atoms with van der Waals surface area (Å²) in [6.07, 6.45) is 3.05. The van der Waals surface area contributed by atoms with Crippen molar-refractivity contribution in [2.75, 3.05) is 12.8 Å². The summed E-state index contributed by atoms with van der Waals surface area (Å²) in [7, 11) is 1.42. The number of aromatic nitrogens is 2. The predicted octanol–water partition coefficient (Wildman–Crippen LogP) is 3.03. The lowest BCUT2D eigenvalue weighted by molar-refractivity contribution is 0.0946. The van der Waals surface area contributed by atoms with Gasteiger partial charge in [-0.2, -0.15) is 5.10 Å².